The first-order chi connectivity index (χ1) is 9.19. The molecular formula is C14H29N3O2. The van der Waals surface area contributed by atoms with E-state index >= 15 is 0 Å². The molecule has 0 aromatic heterocycles. The molecule has 0 saturated carbocycles. The zero-order valence-electron chi connectivity index (χ0n) is 12.5. The molecule has 0 radical (unpaired) electrons. The fourth-order valence-corrected chi connectivity index (χ4v) is 3.60. The monoisotopic (exact) mass is 271 g/mol. The van der Waals surface area contributed by atoms with Gasteiger partial charge in [0.2, 0.25) is 0 Å². The van der Waals surface area contributed by atoms with Crippen molar-refractivity contribution in [2.24, 2.45) is 5.73 Å². The van der Waals surface area contributed by atoms with Gasteiger partial charge in [-0.15, -0.1) is 0 Å². The molecule has 2 heterocycles. The quantitative estimate of drug-likeness (QED) is 0.713. The molecule has 0 bridgehead atoms. The molecule has 0 aromatic rings. The van der Waals surface area contributed by atoms with Gasteiger partial charge in [0.15, 0.2) is 6.29 Å². The summed E-state index contributed by atoms with van der Waals surface area (Å²) in [6.45, 7) is 6.57. The third-order valence-corrected chi connectivity index (χ3v) is 4.72. The largest absolute Gasteiger partial charge is 0.356 e. The Hall–Kier alpha value is -0.200. The third-order valence-electron chi connectivity index (χ3n) is 4.72. The average Bonchev–Trinajstić information content (AvgIpc) is 2.87. The van der Waals surface area contributed by atoms with Crippen LogP contribution in [-0.2, 0) is 9.47 Å². The van der Waals surface area contributed by atoms with Gasteiger partial charge in [0.1, 0.15) is 0 Å². The van der Waals surface area contributed by atoms with Gasteiger partial charge in [-0.05, 0) is 26.3 Å². The SMILES string of the molecule is COC(CC(CN)N1CC2CCCN2CC1C)OC. The number of ether oxygens (including phenoxy) is 2. The minimum absolute atomic E-state index is 0.151. The van der Waals surface area contributed by atoms with Crippen LogP contribution in [-0.4, -0.2) is 74.6 Å². The minimum Gasteiger partial charge on any atom is -0.356 e. The zero-order chi connectivity index (χ0) is 13.8. The van der Waals surface area contributed by atoms with Crippen molar-refractivity contribution in [1.29, 1.82) is 0 Å². The maximum Gasteiger partial charge on any atom is 0.158 e. The van der Waals surface area contributed by atoms with E-state index in [9.17, 15) is 0 Å². The van der Waals surface area contributed by atoms with Crippen LogP contribution in [0.25, 0.3) is 0 Å². The van der Waals surface area contributed by atoms with E-state index in [1.165, 1.54) is 25.9 Å². The van der Waals surface area contributed by atoms with E-state index in [-0.39, 0.29) is 6.29 Å². The van der Waals surface area contributed by atoms with Crippen molar-refractivity contribution < 1.29 is 9.47 Å². The third kappa shape index (κ3) is 3.47. The number of rotatable bonds is 6. The van der Waals surface area contributed by atoms with Crippen molar-refractivity contribution in [3.05, 3.63) is 0 Å². The maximum atomic E-state index is 5.99. The van der Waals surface area contributed by atoms with Gasteiger partial charge in [0, 0.05) is 58.4 Å². The van der Waals surface area contributed by atoms with Crippen LogP contribution in [0.2, 0.25) is 0 Å². The second-order valence-electron chi connectivity index (χ2n) is 5.86. The van der Waals surface area contributed by atoms with E-state index < -0.39 is 0 Å². The second kappa shape index (κ2) is 6.99. The Labute approximate surface area is 117 Å². The lowest BCUT2D eigenvalue weighted by molar-refractivity contribution is -0.121. The van der Waals surface area contributed by atoms with Crippen molar-refractivity contribution in [3.63, 3.8) is 0 Å². The molecule has 0 spiro atoms. The lowest BCUT2D eigenvalue weighted by Gasteiger charge is -2.46. The summed E-state index contributed by atoms with van der Waals surface area (Å²) in [4.78, 5) is 5.20. The number of hydrogen-bond donors (Lipinski definition) is 1. The van der Waals surface area contributed by atoms with Crippen molar-refractivity contribution in [2.75, 3.05) is 40.4 Å². The minimum atomic E-state index is -0.151. The first-order valence-electron chi connectivity index (χ1n) is 7.45. The Balaban J connectivity index is 1.96. The van der Waals surface area contributed by atoms with Crippen molar-refractivity contribution in [2.45, 2.75) is 50.6 Å². The van der Waals surface area contributed by atoms with Crippen molar-refractivity contribution in [3.8, 4) is 0 Å². The summed E-state index contributed by atoms with van der Waals surface area (Å²) in [5.74, 6) is 0. The summed E-state index contributed by atoms with van der Waals surface area (Å²) >= 11 is 0. The molecule has 3 atom stereocenters. The lowest BCUT2D eigenvalue weighted by atomic mass is 10.0. The van der Waals surface area contributed by atoms with E-state index in [2.05, 4.69) is 16.7 Å². The smallest absolute Gasteiger partial charge is 0.158 e. The summed E-state index contributed by atoms with van der Waals surface area (Å²) in [7, 11) is 3.39. The first kappa shape index (κ1) is 15.2. The summed E-state index contributed by atoms with van der Waals surface area (Å²) in [5.41, 5.74) is 5.99. The standard InChI is InChI=1S/C14H29N3O2/c1-11-9-16-6-4-5-12(16)10-17(11)13(8-15)7-14(18-2)19-3/h11-14H,4-10,15H2,1-3H3. The summed E-state index contributed by atoms with van der Waals surface area (Å²) in [5, 5.41) is 0. The molecule has 0 aliphatic carbocycles. The molecule has 2 rings (SSSR count). The van der Waals surface area contributed by atoms with Crippen molar-refractivity contribution in [1.82, 2.24) is 9.80 Å². The first-order valence-corrected chi connectivity index (χ1v) is 7.45. The highest BCUT2D eigenvalue weighted by molar-refractivity contribution is 4.93. The van der Waals surface area contributed by atoms with Gasteiger partial charge in [0.25, 0.3) is 0 Å². The Morgan fingerprint density at radius 3 is 2.63 bits per heavy atom. The molecular weight excluding hydrogens is 242 g/mol. The van der Waals surface area contributed by atoms with Crippen LogP contribution in [0.5, 0.6) is 0 Å². The zero-order valence-corrected chi connectivity index (χ0v) is 12.5. The molecule has 112 valence electrons. The van der Waals surface area contributed by atoms with Crippen LogP contribution in [0, 0.1) is 0 Å². The second-order valence-corrected chi connectivity index (χ2v) is 5.86. The molecule has 2 fully saturated rings. The van der Waals surface area contributed by atoms with E-state index in [1.54, 1.807) is 14.2 Å². The molecule has 3 unspecified atom stereocenters. The highest BCUT2D eigenvalue weighted by atomic mass is 16.7. The van der Waals surface area contributed by atoms with Gasteiger partial charge in [-0.1, -0.05) is 0 Å². The summed E-state index contributed by atoms with van der Waals surface area (Å²) < 4.78 is 10.7. The maximum absolute atomic E-state index is 5.99. The van der Waals surface area contributed by atoms with E-state index in [1.807, 2.05) is 0 Å². The Morgan fingerprint density at radius 1 is 1.26 bits per heavy atom. The summed E-state index contributed by atoms with van der Waals surface area (Å²) in [6.07, 6.45) is 3.37. The van der Waals surface area contributed by atoms with Crippen LogP contribution < -0.4 is 5.73 Å². The number of nitrogens with two attached hydrogens (primary N) is 1. The fourth-order valence-electron chi connectivity index (χ4n) is 3.60. The molecule has 2 saturated heterocycles. The van der Waals surface area contributed by atoms with Gasteiger partial charge in [-0.25, -0.2) is 0 Å². The van der Waals surface area contributed by atoms with Crippen molar-refractivity contribution >= 4 is 0 Å². The normalized spacial score (nSPS) is 30.8. The lowest BCUT2D eigenvalue weighted by Crippen LogP contribution is -2.60. The van der Waals surface area contributed by atoms with Crippen LogP contribution in [0.4, 0.5) is 0 Å². The topological polar surface area (TPSA) is 51.0 Å². The Bertz CT molecular complexity index is 273. The van der Waals surface area contributed by atoms with Crippen LogP contribution >= 0.6 is 0 Å². The Kier molecular flexibility index (Phi) is 5.59. The molecule has 2 N–H and O–H groups in total. The molecule has 5 nitrogen and oxygen atoms in total. The predicted molar refractivity (Wildman–Crippen MR) is 76.0 cm³/mol. The summed E-state index contributed by atoms with van der Waals surface area (Å²) in [6, 6.07) is 1.65. The van der Waals surface area contributed by atoms with Crippen LogP contribution in [0.1, 0.15) is 26.2 Å². The number of piperazine rings is 1. The number of fused-ring (bicyclic) bond motifs is 1. The van der Waals surface area contributed by atoms with E-state index in [4.69, 9.17) is 15.2 Å². The number of hydrogen-bond acceptors (Lipinski definition) is 5. The molecule has 19 heavy (non-hydrogen) atoms. The highest BCUT2D eigenvalue weighted by Crippen LogP contribution is 2.26. The molecule has 2 aliphatic rings. The average molecular weight is 271 g/mol. The van der Waals surface area contributed by atoms with Crippen LogP contribution in [0.15, 0.2) is 0 Å². The van der Waals surface area contributed by atoms with Gasteiger partial charge < -0.3 is 15.2 Å². The number of methoxy groups -OCH3 is 2. The van der Waals surface area contributed by atoms with Gasteiger partial charge in [-0.3, -0.25) is 9.80 Å². The van der Waals surface area contributed by atoms with Gasteiger partial charge in [0.05, 0.1) is 0 Å². The molecule has 0 aromatic carbocycles. The highest BCUT2D eigenvalue weighted by Gasteiger charge is 2.37. The van der Waals surface area contributed by atoms with Gasteiger partial charge >= 0.3 is 0 Å². The molecule has 2 aliphatic heterocycles. The van der Waals surface area contributed by atoms with E-state index in [0.29, 0.717) is 18.6 Å². The predicted octanol–water partition coefficient (Wildman–Crippen LogP) is 0.491. The molecule has 0 amide bonds. The number of nitrogens with zero attached hydrogens (tertiary/aromatic N) is 2. The molecule has 5 heteroatoms. The van der Waals surface area contributed by atoms with Gasteiger partial charge in [-0.2, -0.15) is 0 Å². The van der Waals surface area contributed by atoms with E-state index in [0.717, 1.165) is 19.0 Å². The van der Waals surface area contributed by atoms with Crippen LogP contribution in [0.3, 0.4) is 0 Å². The Morgan fingerprint density at radius 2 is 2.00 bits per heavy atom. The fraction of sp³-hybridized carbons (Fsp3) is 1.00.